The molecule has 0 aromatic heterocycles. The Kier molecular flexibility index (Phi) is 4.91. The number of fused-ring (bicyclic) bond motifs is 1. The van der Waals surface area contributed by atoms with E-state index in [9.17, 15) is 9.59 Å². The van der Waals surface area contributed by atoms with Gasteiger partial charge in [0.05, 0.1) is 18.5 Å². The van der Waals surface area contributed by atoms with Crippen LogP contribution in [0.5, 0.6) is 0 Å². The molecule has 5 heteroatoms. The summed E-state index contributed by atoms with van der Waals surface area (Å²) < 4.78 is 0. The van der Waals surface area contributed by atoms with Crippen molar-refractivity contribution < 1.29 is 14.4 Å². The van der Waals surface area contributed by atoms with Gasteiger partial charge in [-0.3, -0.25) is 19.3 Å². The Hall–Kier alpha value is -3.28. The van der Waals surface area contributed by atoms with Crippen molar-refractivity contribution in [2.24, 2.45) is 5.92 Å². The van der Waals surface area contributed by atoms with Crippen LogP contribution in [0.3, 0.4) is 0 Å². The lowest BCUT2D eigenvalue weighted by Gasteiger charge is -2.27. The lowest BCUT2D eigenvalue weighted by atomic mass is 9.90. The van der Waals surface area contributed by atoms with Gasteiger partial charge in [0.15, 0.2) is 6.10 Å². The minimum absolute atomic E-state index is 0.168. The third kappa shape index (κ3) is 3.32. The van der Waals surface area contributed by atoms with E-state index in [1.165, 1.54) is 4.90 Å². The van der Waals surface area contributed by atoms with Gasteiger partial charge in [0.1, 0.15) is 0 Å². The molecule has 150 valence electrons. The zero-order chi connectivity index (χ0) is 20.5. The van der Waals surface area contributed by atoms with Gasteiger partial charge in [-0.05, 0) is 16.7 Å². The topological polar surface area (TPSA) is 49.9 Å². The van der Waals surface area contributed by atoms with Crippen LogP contribution in [0.15, 0.2) is 91.0 Å². The Morgan fingerprint density at radius 2 is 1.20 bits per heavy atom. The first-order valence-corrected chi connectivity index (χ1v) is 10.1. The summed E-state index contributed by atoms with van der Waals surface area (Å²) in [6, 6.07) is 29.1. The van der Waals surface area contributed by atoms with E-state index in [0.29, 0.717) is 6.54 Å². The van der Waals surface area contributed by atoms with E-state index in [1.807, 2.05) is 91.0 Å². The van der Waals surface area contributed by atoms with Crippen LogP contribution in [0.2, 0.25) is 0 Å². The number of hydrogen-bond acceptors (Lipinski definition) is 4. The number of benzene rings is 3. The molecule has 3 aromatic rings. The average Bonchev–Trinajstić information content (AvgIpc) is 3.27. The fraction of sp³-hybridized carbons (Fsp3) is 0.200. The molecule has 30 heavy (non-hydrogen) atoms. The molecular weight excluding hydrogens is 376 g/mol. The summed E-state index contributed by atoms with van der Waals surface area (Å²) in [5, 5.41) is 1.80. The van der Waals surface area contributed by atoms with Crippen molar-refractivity contribution in [2.75, 3.05) is 0 Å². The number of nitrogens with zero attached hydrogens (tertiary/aromatic N) is 2. The molecule has 3 atom stereocenters. The summed E-state index contributed by atoms with van der Waals surface area (Å²) in [6.07, 6.45) is -0.782. The third-order valence-electron chi connectivity index (χ3n) is 5.79. The maximum Gasteiger partial charge on any atom is 0.261 e. The van der Waals surface area contributed by atoms with Crippen LogP contribution >= 0.6 is 0 Å². The second-order valence-electron chi connectivity index (χ2n) is 7.72. The highest BCUT2D eigenvalue weighted by Gasteiger charge is 2.59. The van der Waals surface area contributed by atoms with Crippen LogP contribution in [0.25, 0.3) is 0 Å². The van der Waals surface area contributed by atoms with Crippen LogP contribution in [-0.4, -0.2) is 27.9 Å². The van der Waals surface area contributed by atoms with Gasteiger partial charge in [0.25, 0.3) is 5.91 Å². The Balaban J connectivity index is 1.46. The van der Waals surface area contributed by atoms with Crippen molar-refractivity contribution in [3.63, 3.8) is 0 Å². The molecule has 0 radical (unpaired) electrons. The third-order valence-corrected chi connectivity index (χ3v) is 5.79. The van der Waals surface area contributed by atoms with E-state index in [-0.39, 0.29) is 24.4 Å². The van der Waals surface area contributed by atoms with Crippen LogP contribution in [-0.2, 0) is 27.5 Å². The van der Waals surface area contributed by atoms with Gasteiger partial charge in [0, 0.05) is 6.54 Å². The maximum absolute atomic E-state index is 13.4. The van der Waals surface area contributed by atoms with Crippen LogP contribution in [0.4, 0.5) is 0 Å². The molecule has 0 N–H and O–H groups in total. The molecule has 2 amide bonds. The van der Waals surface area contributed by atoms with Crippen molar-refractivity contribution in [1.82, 2.24) is 9.96 Å². The largest absolute Gasteiger partial charge is 0.284 e. The quantitative estimate of drug-likeness (QED) is 0.615. The van der Waals surface area contributed by atoms with Crippen molar-refractivity contribution >= 4 is 11.8 Å². The van der Waals surface area contributed by atoms with Gasteiger partial charge in [-0.1, -0.05) is 91.0 Å². The standard InChI is InChI=1S/C25H22N2O3/c28-24-21-22(20-14-8-3-9-15-20)27(17-19-12-6-2-7-13-19)30-23(21)25(29)26(24)16-18-10-4-1-5-11-18/h1-15,21-23H,16-17H2. The highest BCUT2D eigenvalue weighted by molar-refractivity contribution is 6.07. The fourth-order valence-electron chi connectivity index (χ4n) is 4.37. The van der Waals surface area contributed by atoms with E-state index in [4.69, 9.17) is 4.84 Å². The van der Waals surface area contributed by atoms with Gasteiger partial charge in [-0.25, -0.2) is 0 Å². The molecule has 5 nitrogen and oxygen atoms in total. The zero-order valence-electron chi connectivity index (χ0n) is 16.4. The predicted octanol–water partition coefficient (Wildman–Crippen LogP) is 3.73. The number of rotatable bonds is 5. The van der Waals surface area contributed by atoms with Crippen LogP contribution in [0.1, 0.15) is 22.7 Å². The zero-order valence-corrected chi connectivity index (χ0v) is 16.4. The Labute approximate surface area is 175 Å². The van der Waals surface area contributed by atoms with E-state index in [2.05, 4.69) is 0 Å². The molecule has 0 aliphatic carbocycles. The minimum atomic E-state index is -0.782. The number of hydrogen-bond donors (Lipinski definition) is 0. The second kappa shape index (κ2) is 7.86. The summed E-state index contributed by atoms with van der Waals surface area (Å²) in [4.78, 5) is 34.0. The molecule has 2 heterocycles. The maximum atomic E-state index is 13.4. The van der Waals surface area contributed by atoms with E-state index < -0.39 is 12.0 Å². The number of likely N-dealkylation sites (tertiary alicyclic amines) is 1. The van der Waals surface area contributed by atoms with Crippen LogP contribution in [0, 0.1) is 5.92 Å². The molecular formula is C25H22N2O3. The first-order valence-electron chi connectivity index (χ1n) is 10.1. The SMILES string of the molecule is O=C1C2ON(Cc3ccccc3)C(c3ccccc3)C2C(=O)N1Cc1ccccc1. The van der Waals surface area contributed by atoms with Crippen molar-refractivity contribution in [3.05, 3.63) is 108 Å². The Morgan fingerprint density at radius 3 is 1.80 bits per heavy atom. The molecule has 2 fully saturated rings. The highest BCUT2D eigenvalue weighted by atomic mass is 16.7. The average molecular weight is 398 g/mol. The first kappa shape index (κ1) is 18.7. The lowest BCUT2D eigenvalue weighted by Crippen LogP contribution is -2.36. The van der Waals surface area contributed by atoms with Gasteiger partial charge in [-0.2, -0.15) is 5.06 Å². The number of carbonyl (C=O) groups excluding carboxylic acids is 2. The van der Waals surface area contributed by atoms with Crippen molar-refractivity contribution in [2.45, 2.75) is 25.2 Å². The lowest BCUT2D eigenvalue weighted by molar-refractivity contribution is -0.184. The fourth-order valence-corrected chi connectivity index (χ4v) is 4.37. The Morgan fingerprint density at radius 1 is 0.667 bits per heavy atom. The van der Waals surface area contributed by atoms with Crippen molar-refractivity contribution in [1.29, 1.82) is 0 Å². The molecule has 3 unspecified atom stereocenters. The summed E-state index contributed by atoms with van der Waals surface area (Å²) >= 11 is 0. The first-order chi connectivity index (χ1) is 14.7. The van der Waals surface area contributed by atoms with Gasteiger partial charge in [0.2, 0.25) is 5.91 Å². The summed E-state index contributed by atoms with van der Waals surface area (Å²) in [6.45, 7) is 0.779. The van der Waals surface area contributed by atoms with E-state index in [0.717, 1.165) is 16.7 Å². The normalized spacial score (nSPS) is 23.7. The molecule has 0 saturated carbocycles. The molecule has 0 spiro atoms. The molecule has 5 rings (SSSR count). The van der Waals surface area contributed by atoms with E-state index >= 15 is 0 Å². The minimum Gasteiger partial charge on any atom is -0.284 e. The molecule has 2 saturated heterocycles. The highest BCUT2D eigenvalue weighted by Crippen LogP contribution is 2.45. The Bertz CT molecular complexity index is 1040. The summed E-state index contributed by atoms with van der Waals surface area (Å²) in [5.74, 6) is -0.976. The van der Waals surface area contributed by atoms with Gasteiger partial charge < -0.3 is 0 Å². The number of carbonyl (C=O) groups is 2. The summed E-state index contributed by atoms with van der Waals surface area (Å²) in [7, 11) is 0. The number of amides is 2. The number of hydroxylamine groups is 2. The molecule has 0 bridgehead atoms. The van der Waals surface area contributed by atoms with Crippen LogP contribution < -0.4 is 0 Å². The molecule has 3 aromatic carbocycles. The van der Waals surface area contributed by atoms with E-state index in [1.54, 1.807) is 5.06 Å². The second-order valence-corrected chi connectivity index (χ2v) is 7.72. The summed E-state index contributed by atoms with van der Waals surface area (Å²) in [5.41, 5.74) is 2.97. The van der Waals surface area contributed by atoms with Crippen molar-refractivity contribution in [3.8, 4) is 0 Å². The predicted molar refractivity (Wildman–Crippen MR) is 112 cm³/mol. The number of imide groups is 1. The van der Waals surface area contributed by atoms with Gasteiger partial charge >= 0.3 is 0 Å². The monoisotopic (exact) mass is 398 g/mol. The smallest absolute Gasteiger partial charge is 0.261 e. The van der Waals surface area contributed by atoms with Gasteiger partial charge in [-0.15, -0.1) is 0 Å². The molecule has 2 aliphatic heterocycles. The molecule has 2 aliphatic rings.